The Labute approximate surface area is 138 Å². The van der Waals surface area contributed by atoms with Crippen LogP contribution in [0.25, 0.3) is 27.4 Å². The molecule has 0 aliphatic rings. The maximum atomic E-state index is 4.63. The minimum Gasteiger partial charge on any atom is -0.342 e. The van der Waals surface area contributed by atoms with E-state index in [0.29, 0.717) is 5.92 Å². The molecule has 0 aliphatic heterocycles. The average molecular weight is 323 g/mol. The van der Waals surface area contributed by atoms with Crippen LogP contribution in [0.5, 0.6) is 0 Å². The zero-order valence-corrected chi connectivity index (χ0v) is 14.1. The van der Waals surface area contributed by atoms with Gasteiger partial charge in [0, 0.05) is 24.0 Å². The molecule has 0 aliphatic carbocycles. The third-order valence-corrected chi connectivity index (χ3v) is 4.82. The molecule has 0 radical (unpaired) electrons. The highest BCUT2D eigenvalue weighted by atomic mass is 32.1. The lowest BCUT2D eigenvalue weighted by atomic mass is 10.2. The highest BCUT2D eigenvalue weighted by Crippen LogP contribution is 2.29. The van der Waals surface area contributed by atoms with Crippen molar-refractivity contribution < 1.29 is 0 Å². The molecular weight excluding hydrogens is 306 g/mol. The van der Waals surface area contributed by atoms with Crippen molar-refractivity contribution >= 4 is 22.4 Å². The molecule has 23 heavy (non-hydrogen) atoms. The molecule has 3 heterocycles. The van der Waals surface area contributed by atoms with Crippen molar-refractivity contribution in [3.63, 3.8) is 0 Å². The zero-order chi connectivity index (χ0) is 16.0. The van der Waals surface area contributed by atoms with Gasteiger partial charge in [-0.3, -0.25) is 4.57 Å². The standard InChI is InChI=1S/C17H17N5S/c1-10(2)16-20-13-5-4-12(8-14(13)21-16)22-7-6-18-17(22)15-11(3)19-9-23-15/h4-10H,1-3H3,(H,20,21). The first kappa shape index (κ1) is 14.1. The molecule has 3 aromatic heterocycles. The van der Waals surface area contributed by atoms with Gasteiger partial charge in [-0.1, -0.05) is 13.8 Å². The van der Waals surface area contributed by atoms with E-state index in [-0.39, 0.29) is 0 Å². The van der Waals surface area contributed by atoms with Gasteiger partial charge in [-0.15, -0.1) is 11.3 Å². The Bertz CT molecular complexity index is 976. The number of nitrogens with one attached hydrogen (secondary N) is 1. The Hall–Kier alpha value is -2.47. The number of aryl methyl sites for hydroxylation is 1. The molecule has 0 bridgehead atoms. The normalized spacial score (nSPS) is 11.7. The van der Waals surface area contributed by atoms with Crippen molar-refractivity contribution in [2.24, 2.45) is 0 Å². The minimum absolute atomic E-state index is 0.384. The molecule has 4 rings (SSSR count). The SMILES string of the molecule is Cc1ncsc1-c1nccn1-c1ccc2nc(C(C)C)[nH]c2c1. The quantitative estimate of drug-likeness (QED) is 0.611. The van der Waals surface area contributed by atoms with Crippen LogP contribution >= 0.6 is 11.3 Å². The van der Waals surface area contributed by atoms with E-state index in [2.05, 4.69) is 56.5 Å². The van der Waals surface area contributed by atoms with Crippen molar-refractivity contribution in [3.8, 4) is 16.4 Å². The molecular formula is C17H17N5S. The summed E-state index contributed by atoms with van der Waals surface area (Å²) in [7, 11) is 0. The fourth-order valence-electron chi connectivity index (χ4n) is 2.64. The molecule has 4 aromatic rings. The number of hydrogen-bond acceptors (Lipinski definition) is 4. The van der Waals surface area contributed by atoms with Crippen molar-refractivity contribution in [2.45, 2.75) is 26.7 Å². The van der Waals surface area contributed by atoms with Crippen LogP contribution in [0.15, 0.2) is 36.1 Å². The number of aromatic nitrogens is 5. The van der Waals surface area contributed by atoms with E-state index in [1.165, 1.54) is 0 Å². The molecule has 0 amide bonds. The first-order chi connectivity index (χ1) is 11.1. The number of hydrogen-bond donors (Lipinski definition) is 1. The summed E-state index contributed by atoms with van der Waals surface area (Å²) in [6.45, 7) is 6.29. The van der Waals surface area contributed by atoms with E-state index in [1.807, 2.05) is 24.8 Å². The fourth-order valence-corrected chi connectivity index (χ4v) is 3.43. The first-order valence-electron chi connectivity index (χ1n) is 7.57. The highest BCUT2D eigenvalue weighted by molar-refractivity contribution is 7.13. The summed E-state index contributed by atoms with van der Waals surface area (Å²) in [6.07, 6.45) is 3.81. The molecule has 116 valence electrons. The van der Waals surface area contributed by atoms with Crippen LogP contribution in [0.1, 0.15) is 31.3 Å². The minimum atomic E-state index is 0.384. The Morgan fingerprint density at radius 2 is 2.09 bits per heavy atom. The molecule has 1 aromatic carbocycles. The Balaban J connectivity index is 1.84. The first-order valence-corrected chi connectivity index (χ1v) is 8.45. The topological polar surface area (TPSA) is 59.4 Å². The van der Waals surface area contributed by atoms with Crippen LogP contribution in [0.3, 0.4) is 0 Å². The molecule has 0 saturated heterocycles. The van der Waals surface area contributed by atoms with E-state index in [1.54, 1.807) is 11.3 Å². The molecule has 5 nitrogen and oxygen atoms in total. The van der Waals surface area contributed by atoms with Crippen molar-refractivity contribution in [3.05, 3.63) is 47.6 Å². The van der Waals surface area contributed by atoms with E-state index in [4.69, 9.17) is 0 Å². The molecule has 6 heteroatoms. The zero-order valence-electron chi connectivity index (χ0n) is 13.2. The Morgan fingerprint density at radius 1 is 1.22 bits per heavy atom. The summed E-state index contributed by atoms with van der Waals surface area (Å²) in [6, 6.07) is 6.25. The molecule has 0 atom stereocenters. The van der Waals surface area contributed by atoms with Gasteiger partial charge in [0.15, 0.2) is 5.82 Å². The van der Waals surface area contributed by atoms with E-state index >= 15 is 0 Å². The largest absolute Gasteiger partial charge is 0.342 e. The molecule has 1 N–H and O–H groups in total. The van der Waals surface area contributed by atoms with Gasteiger partial charge in [0.1, 0.15) is 5.82 Å². The van der Waals surface area contributed by atoms with E-state index in [0.717, 1.165) is 38.9 Å². The van der Waals surface area contributed by atoms with E-state index in [9.17, 15) is 0 Å². The second-order valence-corrected chi connectivity index (χ2v) is 6.72. The Morgan fingerprint density at radius 3 is 2.83 bits per heavy atom. The lowest BCUT2D eigenvalue weighted by molar-refractivity contribution is 0.799. The number of aromatic amines is 1. The highest BCUT2D eigenvalue weighted by Gasteiger charge is 2.13. The summed E-state index contributed by atoms with van der Waals surface area (Å²) in [5, 5.41) is 0. The third kappa shape index (κ3) is 2.35. The van der Waals surface area contributed by atoms with Crippen LogP contribution in [-0.2, 0) is 0 Å². The second kappa shape index (κ2) is 5.31. The Kier molecular flexibility index (Phi) is 3.27. The number of nitrogens with zero attached hydrogens (tertiary/aromatic N) is 4. The second-order valence-electron chi connectivity index (χ2n) is 5.87. The van der Waals surface area contributed by atoms with Gasteiger partial charge in [0.05, 0.1) is 27.1 Å². The van der Waals surface area contributed by atoms with Gasteiger partial charge < -0.3 is 4.98 Å². The summed E-state index contributed by atoms with van der Waals surface area (Å²) < 4.78 is 2.09. The summed E-state index contributed by atoms with van der Waals surface area (Å²) in [5.41, 5.74) is 5.97. The maximum absolute atomic E-state index is 4.63. The molecule has 0 saturated carbocycles. The number of thiazole rings is 1. The predicted octanol–water partition coefficient (Wildman–Crippen LogP) is 4.30. The summed E-state index contributed by atoms with van der Waals surface area (Å²) in [5.74, 6) is 2.32. The number of rotatable bonds is 3. The van der Waals surface area contributed by atoms with E-state index < -0.39 is 0 Å². The fraction of sp³-hybridized carbons (Fsp3) is 0.235. The van der Waals surface area contributed by atoms with Crippen LogP contribution in [-0.4, -0.2) is 24.5 Å². The van der Waals surface area contributed by atoms with Gasteiger partial charge in [-0.25, -0.2) is 15.0 Å². The number of fused-ring (bicyclic) bond motifs is 1. The third-order valence-electron chi connectivity index (χ3n) is 3.90. The van der Waals surface area contributed by atoms with Crippen molar-refractivity contribution in [2.75, 3.05) is 0 Å². The molecule has 0 spiro atoms. The number of benzene rings is 1. The molecule has 0 unspecified atom stereocenters. The van der Waals surface area contributed by atoms with Crippen molar-refractivity contribution in [1.82, 2.24) is 24.5 Å². The van der Waals surface area contributed by atoms with Gasteiger partial charge in [-0.05, 0) is 25.1 Å². The van der Waals surface area contributed by atoms with Crippen LogP contribution in [0.4, 0.5) is 0 Å². The lowest BCUT2D eigenvalue weighted by Crippen LogP contribution is -1.96. The van der Waals surface area contributed by atoms with Crippen LogP contribution in [0.2, 0.25) is 0 Å². The smallest absolute Gasteiger partial charge is 0.156 e. The molecule has 0 fully saturated rings. The van der Waals surface area contributed by atoms with Gasteiger partial charge in [0.2, 0.25) is 0 Å². The summed E-state index contributed by atoms with van der Waals surface area (Å²) in [4.78, 5) is 18.0. The summed E-state index contributed by atoms with van der Waals surface area (Å²) >= 11 is 1.61. The van der Waals surface area contributed by atoms with Crippen LogP contribution in [0, 0.1) is 6.92 Å². The van der Waals surface area contributed by atoms with Gasteiger partial charge >= 0.3 is 0 Å². The van der Waals surface area contributed by atoms with Crippen molar-refractivity contribution in [1.29, 1.82) is 0 Å². The maximum Gasteiger partial charge on any atom is 0.156 e. The average Bonchev–Trinajstić information content (AvgIpc) is 3.24. The van der Waals surface area contributed by atoms with Gasteiger partial charge in [-0.2, -0.15) is 0 Å². The number of imidazole rings is 2. The lowest BCUT2D eigenvalue weighted by Gasteiger charge is -2.07. The predicted molar refractivity (Wildman–Crippen MR) is 93.1 cm³/mol. The monoisotopic (exact) mass is 323 g/mol. The number of H-pyrrole nitrogens is 1. The van der Waals surface area contributed by atoms with Gasteiger partial charge in [0.25, 0.3) is 0 Å². The van der Waals surface area contributed by atoms with Crippen LogP contribution < -0.4 is 0 Å².